The largest absolute Gasteiger partial charge is 0.481 e. The molecule has 1 aromatic rings. The summed E-state index contributed by atoms with van der Waals surface area (Å²) in [5.41, 5.74) is 1.82. The second-order valence-electron chi connectivity index (χ2n) is 4.41. The minimum Gasteiger partial charge on any atom is -0.481 e. The lowest BCUT2D eigenvalue weighted by molar-refractivity contribution is -0.142. The van der Waals surface area contributed by atoms with Crippen molar-refractivity contribution in [3.05, 3.63) is 24.3 Å². The summed E-state index contributed by atoms with van der Waals surface area (Å²) in [7, 11) is 0. The smallest absolute Gasteiger partial charge is 0.306 e. The number of benzene rings is 1. The molecule has 1 aliphatic rings. The van der Waals surface area contributed by atoms with Gasteiger partial charge >= 0.3 is 5.97 Å². The van der Waals surface area contributed by atoms with Gasteiger partial charge in [0, 0.05) is 24.5 Å². The van der Waals surface area contributed by atoms with Crippen molar-refractivity contribution in [1.82, 2.24) is 0 Å². The Balaban J connectivity index is 1.96. The molecule has 0 spiro atoms. The van der Waals surface area contributed by atoms with Gasteiger partial charge in [0.15, 0.2) is 0 Å². The lowest BCUT2D eigenvalue weighted by atomic mass is 9.97. The van der Waals surface area contributed by atoms with Gasteiger partial charge in [-0.05, 0) is 37.1 Å². The first-order valence-electron chi connectivity index (χ1n) is 5.98. The highest BCUT2D eigenvalue weighted by Crippen LogP contribution is 2.24. The van der Waals surface area contributed by atoms with E-state index in [9.17, 15) is 9.59 Å². The van der Waals surface area contributed by atoms with E-state index in [1.807, 2.05) is 24.3 Å². The zero-order valence-electron chi connectivity index (χ0n) is 10.0. The predicted molar refractivity (Wildman–Crippen MR) is 68.7 cm³/mol. The van der Waals surface area contributed by atoms with Crippen LogP contribution in [0, 0.1) is 5.92 Å². The number of nitrogens with one attached hydrogen (secondary N) is 1. The number of carbonyl (C=O) groups is 2. The van der Waals surface area contributed by atoms with Crippen molar-refractivity contribution in [3.8, 4) is 0 Å². The molecule has 1 fully saturated rings. The number of anilines is 2. The highest BCUT2D eigenvalue weighted by atomic mass is 16.4. The van der Waals surface area contributed by atoms with Crippen LogP contribution in [0.25, 0.3) is 0 Å². The molecule has 0 aliphatic carbocycles. The number of carboxylic acids is 1. The maximum Gasteiger partial charge on any atom is 0.306 e. The van der Waals surface area contributed by atoms with Crippen molar-refractivity contribution < 1.29 is 14.7 Å². The van der Waals surface area contributed by atoms with Crippen LogP contribution in [0.3, 0.4) is 0 Å². The topological polar surface area (TPSA) is 69.6 Å². The molecule has 1 aliphatic heterocycles. The Morgan fingerprint density at radius 1 is 1.28 bits per heavy atom. The van der Waals surface area contributed by atoms with E-state index in [-0.39, 0.29) is 5.92 Å². The fourth-order valence-corrected chi connectivity index (χ4v) is 2.22. The fourth-order valence-electron chi connectivity index (χ4n) is 2.22. The molecule has 1 heterocycles. The van der Waals surface area contributed by atoms with Crippen LogP contribution in [0.5, 0.6) is 0 Å². The Labute approximate surface area is 105 Å². The van der Waals surface area contributed by atoms with Crippen molar-refractivity contribution in [1.29, 1.82) is 0 Å². The molecule has 96 valence electrons. The Kier molecular flexibility index (Phi) is 3.82. The zero-order chi connectivity index (χ0) is 13.0. The Morgan fingerprint density at radius 2 is 1.89 bits per heavy atom. The summed E-state index contributed by atoms with van der Waals surface area (Å²) < 4.78 is 0. The van der Waals surface area contributed by atoms with Crippen LogP contribution in [0.15, 0.2) is 24.3 Å². The SMILES string of the molecule is O=CNc1ccc(N2CCC(C(=O)O)CC2)cc1. The Bertz CT molecular complexity index is 422. The fraction of sp³-hybridized carbons (Fsp3) is 0.385. The van der Waals surface area contributed by atoms with Gasteiger partial charge in [-0.3, -0.25) is 9.59 Å². The van der Waals surface area contributed by atoms with Gasteiger partial charge in [-0.15, -0.1) is 0 Å². The Hall–Kier alpha value is -2.04. The number of hydrogen-bond donors (Lipinski definition) is 2. The number of amides is 1. The summed E-state index contributed by atoms with van der Waals surface area (Å²) in [6.45, 7) is 1.52. The molecule has 5 nitrogen and oxygen atoms in total. The minimum absolute atomic E-state index is 0.211. The molecule has 18 heavy (non-hydrogen) atoms. The molecule has 0 bridgehead atoms. The predicted octanol–water partition coefficient (Wildman–Crippen LogP) is 1.56. The molecule has 0 radical (unpaired) electrons. The molecular weight excluding hydrogens is 232 g/mol. The first-order chi connectivity index (χ1) is 8.70. The van der Waals surface area contributed by atoms with Crippen LogP contribution in [0.4, 0.5) is 11.4 Å². The number of piperidine rings is 1. The number of rotatable bonds is 4. The van der Waals surface area contributed by atoms with E-state index in [2.05, 4.69) is 10.2 Å². The van der Waals surface area contributed by atoms with E-state index in [0.29, 0.717) is 19.3 Å². The van der Waals surface area contributed by atoms with Crippen LogP contribution >= 0.6 is 0 Å². The van der Waals surface area contributed by atoms with Crippen LogP contribution in [0.1, 0.15) is 12.8 Å². The quantitative estimate of drug-likeness (QED) is 0.793. The summed E-state index contributed by atoms with van der Waals surface area (Å²) in [5, 5.41) is 11.5. The van der Waals surface area contributed by atoms with Crippen molar-refractivity contribution >= 4 is 23.8 Å². The summed E-state index contributed by atoms with van der Waals surface area (Å²) in [6, 6.07) is 7.56. The van der Waals surface area contributed by atoms with Crippen LogP contribution in [-0.2, 0) is 9.59 Å². The third kappa shape index (κ3) is 2.80. The Morgan fingerprint density at radius 3 is 2.39 bits per heavy atom. The van der Waals surface area contributed by atoms with Crippen molar-refractivity contribution in [2.45, 2.75) is 12.8 Å². The lowest BCUT2D eigenvalue weighted by Gasteiger charge is -2.32. The molecule has 2 rings (SSSR count). The third-order valence-electron chi connectivity index (χ3n) is 3.30. The molecule has 5 heteroatoms. The van der Waals surface area contributed by atoms with Crippen molar-refractivity contribution in [2.24, 2.45) is 5.92 Å². The summed E-state index contributed by atoms with van der Waals surface area (Å²) in [4.78, 5) is 23.3. The van der Waals surface area contributed by atoms with Gasteiger partial charge in [-0.25, -0.2) is 0 Å². The molecule has 2 N–H and O–H groups in total. The highest BCUT2D eigenvalue weighted by molar-refractivity contribution is 5.72. The number of hydrogen-bond acceptors (Lipinski definition) is 3. The minimum atomic E-state index is -0.694. The molecule has 0 aromatic heterocycles. The average molecular weight is 248 g/mol. The van der Waals surface area contributed by atoms with E-state index in [1.165, 1.54) is 0 Å². The number of carboxylic acid groups (broad SMARTS) is 1. The van der Waals surface area contributed by atoms with E-state index >= 15 is 0 Å². The second-order valence-corrected chi connectivity index (χ2v) is 4.41. The maximum absolute atomic E-state index is 10.9. The number of nitrogens with zero attached hydrogens (tertiary/aromatic N) is 1. The molecule has 0 saturated carbocycles. The molecule has 0 atom stereocenters. The second kappa shape index (κ2) is 5.53. The zero-order valence-corrected chi connectivity index (χ0v) is 10.0. The van der Waals surface area contributed by atoms with E-state index < -0.39 is 5.97 Å². The van der Waals surface area contributed by atoms with Gasteiger partial charge in [0.05, 0.1) is 5.92 Å². The molecule has 1 saturated heterocycles. The number of aliphatic carboxylic acids is 1. The average Bonchev–Trinajstić information content (AvgIpc) is 2.40. The van der Waals surface area contributed by atoms with Crippen molar-refractivity contribution in [3.63, 3.8) is 0 Å². The molecular formula is C13H16N2O3. The monoisotopic (exact) mass is 248 g/mol. The highest BCUT2D eigenvalue weighted by Gasteiger charge is 2.24. The maximum atomic E-state index is 10.9. The van der Waals surface area contributed by atoms with E-state index in [1.54, 1.807) is 0 Å². The normalized spacial score (nSPS) is 16.3. The van der Waals surface area contributed by atoms with Gasteiger partial charge in [-0.1, -0.05) is 0 Å². The van der Waals surface area contributed by atoms with Crippen LogP contribution in [-0.4, -0.2) is 30.6 Å². The van der Waals surface area contributed by atoms with Gasteiger partial charge < -0.3 is 15.3 Å². The van der Waals surface area contributed by atoms with Crippen LogP contribution < -0.4 is 10.2 Å². The van der Waals surface area contributed by atoms with Gasteiger partial charge in [0.25, 0.3) is 0 Å². The summed E-state index contributed by atoms with van der Waals surface area (Å²) in [5.74, 6) is -0.905. The van der Waals surface area contributed by atoms with Crippen LogP contribution in [0.2, 0.25) is 0 Å². The third-order valence-corrected chi connectivity index (χ3v) is 3.30. The van der Waals surface area contributed by atoms with E-state index in [0.717, 1.165) is 24.5 Å². The molecule has 1 amide bonds. The van der Waals surface area contributed by atoms with Gasteiger partial charge in [0.1, 0.15) is 0 Å². The van der Waals surface area contributed by atoms with Gasteiger partial charge in [0.2, 0.25) is 6.41 Å². The summed E-state index contributed by atoms with van der Waals surface area (Å²) in [6.07, 6.45) is 2.01. The first-order valence-corrected chi connectivity index (χ1v) is 5.98. The lowest BCUT2D eigenvalue weighted by Crippen LogP contribution is -2.36. The van der Waals surface area contributed by atoms with Crippen molar-refractivity contribution in [2.75, 3.05) is 23.3 Å². The molecule has 1 aromatic carbocycles. The summed E-state index contributed by atoms with van der Waals surface area (Å²) >= 11 is 0. The number of carbonyl (C=O) groups excluding carboxylic acids is 1. The van der Waals surface area contributed by atoms with Gasteiger partial charge in [-0.2, -0.15) is 0 Å². The standard InChI is InChI=1S/C13H16N2O3/c16-9-14-11-1-3-12(4-2-11)15-7-5-10(6-8-15)13(17)18/h1-4,9-10H,5-8H2,(H,14,16)(H,17,18). The molecule has 0 unspecified atom stereocenters. The van der Waals surface area contributed by atoms with E-state index in [4.69, 9.17) is 5.11 Å². The first kappa shape index (κ1) is 12.4.